The van der Waals surface area contributed by atoms with Crippen molar-refractivity contribution in [3.05, 3.63) is 11.7 Å². The van der Waals surface area contributed by atoms with Gasteiger partial charge in [0.05, 0.1) is 5.75 Å². The van der Waals surface area contributed by atoms with Gasteiger partial charge in [-0.2, -0.15) is 16.7 Å². The Kier molecular flexibility index (Phi) is 5.06. The lowest BCUT2D eigenvalue weighted by atomic mass is 9.93. The third-order valence-corrected chi connectivity index (χ3v) is 4.17. The van der Waals surface area contributed by atoms with Crippen molar-refractivity contribution >= 4 is 11.8 Å². The fourth-order valence-electron chi connectivity index (χ4n) is 2.48. The van der Waals surface area contributed by atoms with Crippen LogP contribution in [0, 0.1) is 5.92 Å². The van der Waals surface area contributed by atoms with E-state index >= 15 is 0 Å². The van der Waals surface area contributed by atoms with E-state index in [0.29, 0.717) is 12.0 Å². The molecule has 0 atom stereocenters. The molecule has 0 unspecified atom stereocenters. The summed E-state index contributed by atoms with van der Waals surface area (Å²) in [5.41, 5.74) is 0. The molecule has 4 nitrogen and oxygen atoms in total. The summed E-state index contributed by atoms with van der Waals surface area (Å²) in [5, 5.41) is 4.00. The van der Waals surface area contributed by atoms with Crippen LogP contribution in [0.25, 0.3) is 0 Å². The highest BCUT2D eigenvalue weighted by Crippen LogP contribution is 2.22. The highest BCUT2D eigenvalue weighted by molar-refractivity contribution is 7.97. The van der Waals surface area contributed by atoms with Crippen molar-refractivity contribution in [3.63, 3.8) is 0 Å². The molecule has 0 radical (unpaired) electrons. The van der Waals surface area contributed by atoms with Crippen LogP contribution in [0.15, 0.2) is 4.52 Å². The van der Waals surface area contributed by atoms with Crippen molar-refractivity contribution in [3.8, 4) is 0 Å². The Labute approximate surface area is 114 Å². The zero-order chi connectivity index (χ0) is 13.0. The maximum atomic E-state index is 5.31. The minimum absolute atomic E-state index is 0.669. The number of hydrogen-bond donors (Lipinski definition) is 0. The lowest BCUT2D eigenvalue weighted by Crippen LogP contribution is -2.38. The Balaban J connectivity index is 1.80. The quantitative estimate of drug-likeness (QED) is 0.822. The van der Waals surface area contributed by atoms with Crippen LogP contribution in [0.2, 0.25) is 0 Å². The molecule has 1 aromatic rings. The van der Waals surface area contributed by atoms with Crippen LogP contribution >= 0.6 is 11.8 Å². The van der Waals surface area contributed by atoms with Crippen molar-refractivity contribution in [2.24, 2.45) is 5.92 Å². The van der Waals surface area contributed by atoms with E-state index in [1.54, 1.807) is 11.8 Å². The second-order valence-electron chi connectivity index (χ2n) is 5.31. The number of likely N-dealkylation sites (tertiary alicyclic amines) is 1. The molecule has 5 heteroatoms. The van der Waals surface area contributed by atoms with Crippen LogP contribution in [0.3, 0.4) is 0 Å². The molecule has 2 heterocycles. The first kappa shape index (κ1) is 13.9. The van der Waals surface area contributed by atoms with Crippen LogP contribution in [0.5, 0.6) is 0 Å². The van der Waals surface area contributed by atoms with Gasteiger partial charge in [-0.3, -0.25) is 0 Å². The molecule has 0 N–H and O–H groups in total. The van der Waals surface area contributed by atoms with Crippen LogP contribution in [-0.2, 0) is 12.2 Å². The number of rotatable bonds is 5. The minimum atomic E-state index is 0.669. The summed E-state index contributed by atoms with van der Waals surface area (Å²) in [4.78, 5) is 6.98. The fourth-order valence-corrected chi connectivity index (χ4v) is 2.86. The lowest BCUT2D eigenvalue weighted by molar-refractivity contribution is 0.145. The molecule has 1 fully saturated rings. The van der Waals surface area contributed by atoms with Crippen molar-refractivity contribution < 1.29 is 4.52 Å². The number of thioether (sulfide) groups is 1. The Bertz CT molecular complexity index is 359. The molecule has 1 aliphatic heterocycles. The fraction of sp³-hybridized carbons (Fsp3) is 0.846. The first-order chi connectivity index (χ1) is 8.69. The van der Waals surface area contributed by atoms with Gasteiger partial charge in [0.25, 0.3) is 0 Å². The van der Waals surface area contributed by atoms with Crippen LogP contribution in [0.4, 0.5) is 0 Å². The Morgan fingerprint density at radius 2 is 2.11 bits per heavy atom. The van der Waals surface area contributed by atoms with Gasteiger partial charge < -0.3 is 9.42 Å². The van der Waals surface area contributed by atoms with E-state index in [1.165, 1.54) is 25.9 Å². The molecular formula is C13H23N3OS. The number of nitrogens with zero attached hydrogens (tertiary/aromatic N) is 3. The minimum Gasteiger partial charge on any atom is -0.339 e. The van der Waals surface area contributed by atoms with Gasteiger partial charge in [-0.05, 0) is 52.0 Å². The summed E-state index contributed by atoms with van der Waals surface area (Å²) in [6, 6.07) is 0.669. The Morgan fingerprint density at radius 1 is 1.39 bits per heavy atom. The van der Waals surface area contributed by atoms with Gasteiger partial charge in [-0.1, -0.05) is 5.16 Å². The van der Waals surface area contributed by atoms with Gasteiger partial charge in [-0.25, -0.2) is 0 Å². The van der Waals surface area contributed by atoms with E-state index in [9.17, 15) is 0 Å². The average molecular weight is 269 g/mol. The van der Waals surface area contributed by atoms with Gasteiger partial charge in [0.15, 0.2) is 5.82 Å². The van der Waals surface area contributed by atoms with Crippen molar-refractivity contribution in [1.82, 2.24) is 15.0 Å². The van der Waals surface area contributed by atoms with Crippen LogP contribution in [-0.4, -0.2) is 40.4 Å². The molecule has 0 aliphatic carbocycles. The topological polar surface area (TPSA) is 42.2 Å². The first-order valence-electron chi connectivity index (χ1n) is 6.73. The lowest BCUT2D eigenvalue weighted by Gasteiger charge is -2.34. The summed E-state index contributed by atoms with van der Waals surface area (Å²) in [6.07, 6.45) is 5.50. The second kappa shape index (κ2) is 6.57. The average Bonchev–Trinajstić information content (AvgIpc) is 2.78. The number of aromatic nitrogens is 2. The van der Waals surface area contributed by atoms with Crippen molar-refractivity contribution in [2.45, 2.75) is 44.9 Å². The molecule has 0 spiro atoms. The summed E-state index contributed by atoms with van der Waals surface area (Å²) in [7, 11) is 0. The largest absolute Gasteiger partial charge is 0.339 e. The second-order valence-corrected chi connectivity index (χ2v) is 6.18. The number of piperidine rings is 1. The third-order valence-electron chi connectivity index (χ3n) is 3.63. The van der Waals surface area contributed by atoms with E-state index in [-0.39, 0.29) is 0 Å². The Morgan fingerprint density at radius 3 is 2.72 bits per heavy atom. The predicted octanol–water partition coefficient (Wildman–Crippen LogP) is 2.60. The monoisotopic (exact) mass is 269 g/mol. The maximum absolute atomic E-state index is 5.31. The predicted molar refractivity (Wildman–Crippen MR) is 74.7 cm³/mol. The highest BCUT2D eigenvalue weighted by Gasteiger charge is 2.22. The van der Waals surface area contributed by atoms with Crippen molar-refractivity contribution in [1.29, 1.82) is 0 Å². The molecule has 0 saturated carbocycles. The number of hydrogen-bond acceptors (Lipinski definition) is 5. The van der Waals surface area contributed by atoms with E-state index < -0.39 is 0 Å². The maximum Gasteiger partial charge on any atom is 0.226 e. The molecule has 0 aromatic carbocycles. The van der Waals surface area contributed by atoms with Crippen LogP contribution < -0.4 is 0 Å². The summed E-state index contributed by atoms with van der Waals surface area (Å²) in [5.74, 6) is 3.21. The molecule has 1 aliphatic rings. The van der Waals surface area contributed by atoms with Gasteiger partial charge in [0, 0.05) is 12.5 Å². The smallest absolute Gasteiger partial charge is 0.226 e. The molecule has 1 aromatic heterocycles. The zero-order valence-electron chi connectivity index (χ0n) is 11.6. The molecule has 1 saturated heterocycles. The third kappa shape index (κ3) is 3.72. The summed E-state index contributed by atoms with van der Waals surface area (Å²) < 4.78 is 5.31. The SMILES string of the molecule is CSCc1noc(CC2CCN(C(C)C)CC2)n1. The molecule has 18 heavy (non-hydrogen) atoms. The van der Waals surface area contributed by atoms with Gasteiger partial charge >= 0.3 is 0 Å². The summed E-state index contributed by atoms with van der Waals surface area (Å²) in [6.45, 7) is 6.95. The normalized spacial score (nSPS) is 18.7. The first-order valence-corrected chi connectivity index (χ1v) is 8.13. The van der Waals surface area contributed by atoms with E-state index in [2.05, 4.69) is 35.1 Å². The molecular weight excluding hydrogens is 246 g/mol. The zero-order valence-corrected chi connectivity index (χ0v) is 12.4. The van der Waals surface area contributed by atoms with Gasteiger partial charge in [0.2, 0.25) is 5.89 Å². The molecule has 2 rings (SSSR count). The molecule has 0 bridgehead atoms. The summed E-state index contributed by atoms with van der Waals surface area (Å²) >= 11 is 1.73. The van der Waals surface area contributed by atoms with Gasteiger partial charge in [-0.15, -0.1) is 0 Å². The van der Waals surface area contributed by atoms with Crippen LogP contribution in [0.1, 0.15) is 38.4 Å². The van der Waals surface area contributed by atoms with Gasteiger partial charge in [0.1, 0.15) is 0 Å². The van der Waals surface area contributed by atoms with E-state index in [0.717, 1.165) is 23.9 Å². The molecule has 0 amide bonds. The standard InChI is InChI=1S/C13H23N3OS/c1-10(2)16-6-4-11(5-7-16)8-13-14-12(9-18-3)15-17-13/h10-11H,4-9H2,1-3H3. The highest BCUT2D eigenvalue weighted by atomic mass is 32.2. The van der Waals surface area contributed by atoms with E-state index in [1.807, 2.05) is 0 Å². The molecule has 102 valence electrons. The van der Waals surface area contributed by atoms with Crippen molar-refractivity contribution in [2.75, 3.05) is 19.3 Å². The van der Waals surface area contributed by atoms with E-state index in [4.69, 9.17) is 4.52 Å². The Hall–Kier alpha value is -0.550.